The minimum absolute atomic E-state index is 0.354. The number of rotatable bonds is 6. The molecule has 1 aliphatic heterocycles. The van der Waals surface area contributed by atoms with E-state index in [1.165, 1.54) is 6.42 Å². The largest absolute Gasteiger partial charge is 0.480 e. The Labute approximate surface area is 110 Å². The molecule has 4 heteroatoms. The normalized spacial score (nSPS) is 31.2. The fourth-order valence-electron chi connectivity index (χ4n) is 2.68. The van der Waals surface area contributed by atoms with E-state index in [-0.39, 0.29) is 6.04 Å². The van der Waals surface area contributed by atoms with Gasteiger partial charge in [0.15, 0.2) is 0 Å². The molecule has 0 aromatic carbocycles. The van der Waals surface area contributed by atoms with Crippen LogP contribution in [-0.2, 0) is 4.79 Å². The van der Waals surface area contributed by atoms with Crippen LogP contribution in [0.25, 0.3) is 0 Å². The summed E-state index contributed by atoms with van der Waals surface area (Å²) in [7, 11) is 0. The first-order chi connectivity index (χ1) is 8.56. The highest BCUT2D eigenvalue weighted by molar-refractivity contribution is 5.73. The van der Waals surface area contributed by atoms with Gasteiger partial charge in [-0.25, -0.2) is 0 Å². The number of likely N-dealkylation sites (tertiary alicyclic amines) is 1. The Bertz CT molecular complexity index is 292. The summed E-state index contributed by atoms with van der Waals surface area (Å²) in [5.74, 6) is 0.847. The Morgan fingerprint density at radius 1 is 1.33 bits per heavy atom. The first kappa shape index (κ1) is 13.8. The Hall–Kier alpha value is -0.610. The average Bonchev–Trinajstić information content (AvgIpc) is 3.12. The van der Waals surface area contributed by atoms with Crippen LogP contribution in [0.1, 0.15) is 39.5 Å². The highest BCUT2D eigenvalue weighted by Crippen LogP contribution is 2.23. The first-order valence-electron chi connectivity index (χ1n) is 7.27. The molecule has 3 unspecified atom stereocenters. The molecule has 0 bridgehead atoms. The summed E-state index contributed by atoms with van der Waals surface area (Å²) in [6, 6.07) is 0.110. The van der Waals surface area contributed by atoms with E-state index in [0.717, 1.165) is 50.7 Å². The molecule has 2 aliphatic rings. The lowest BCUT2D eigenvalue weighted by Gasteiger charge is -2.35. The van der Waals surface area contributed by atoms with Gasteiger partial charge in [0, 0.05) is 19.1 Å². The van der Waals surface area contributed by atoms with Crippen LogP contribution >= 0.6 is 0 Å². The predicted octanol–water partition coefficient (Wildman–Crippen LogP) is 1.56. The van der Waals surface area contributed by atoms with Gasteiger partial charge in [-0.1, -0.05) is 13.8 Å². The van der Waals surface area contributed by atoms with Gasteiger partial charge in [0.25, 0.3) is 0 Å². The van der Waals surface area contributed by atoms with Gasteiger partial charge in [-0.3, -0.25) is 4.79 Å². The summed E-state index contributed by atoms with van der Waals surface area (Å²) in [5.41, 5.74) is 0. The van der Waals surface area contributed by atoms with Crippen molar-refractivity contribution in [3.05, 3.63) is 0 Å². The number of nitrogens with zero attached hydrogens (tertiary/aromatic N) is 1. The third kappa shape index (κ3) is 3.95. The lowest BCUT2D eigenvalue weighted by atomic mass is 9.88. The minimum Gasteiger partial charge on any atom is -0.480 e. The van der Waals surface area contributed by atoms with Crippen molar-refractivity contribution in [2.45, 2.75) is 51.6 Å². The molecule has 0 radical (unpaired) electrons. The predicted molar refractivity (Wildman–Crippen MR) is 71.6 cm³/mol. The quantitative estimate of drug-likeness (QED) is 0.755. The van der Waals surface area contributed by atoms with Crippen LogP contribution in [0.4, 0.5) is 0 Å². The van der Waals surface area contributed by atoms with E-state index in [9.17, 15) is 9.90 Å². The Kier molecular flexibility index (Phi) is 4.62. The van der Waals surface area contributed by atoms with Gasteiger partial charge in [0.05, 0.1) is 0 Å². The minimum atomic E-state index is -0.694. The van der Waals surface area contributed by atoms with E-state index in [4.69, 9.17) is 0 Å². The van der Waals surface area contributed by atoms with Gasteiger partial charge in [-0.2, -0.15) is 0 Å². The smallest absolute Gasteiger partial charge is 0.320 e. The average molecular weight is 254 g/mol. The number of nitrogens with one attached hydrogen (secondary N) is 1. The van der Waals surface area contributed by atoms with E-state index in [1.807, 2.05) is 0 Å². The third-order valence-electron chi connectivity index (χ3n) is 4.46. The van der Waals surface area contributed by atoms with E-state index < -0.39 is 5.97 Å². The molecule has 2 N–H and O–H groups in total. The summed E-state index contributed by atoms with van der Waals surface area (Å²) in [6.45, 7) is 7.77. The SMILES string of the molecule is CC1CCN(CCC(NC2CC2)C(=O)O)CC1C. The Morgan fingerprint density at radius 2 is 2.06 bits per heavy atom. The molecule has 104 valence electrons. The lowest BCUT2D eigenvalue weighted by Crippen LogP contribution is -2.44. The van der Waals surface area contributed by atoms with Crippen molar-refractivity contribution < 1.29 is 9.90 Å². The van der Waals surface area contributed by atoms with Crippen LogP contribution in [0.3, 0.4) is 0 Å². The molecular weight excluding hydrogens is 228 g/mol. The summed E-state index contributed by atoms with van der Waals surface area (Å²) in [6.07, 6.45) is 4.26. The zero-order chi connectivity index (χ0) is 13.1. The summed E-state index contributed by atoms with van der Waals surface area (Å²) in [5, 5.41) is 12.4. The van der Waals surface area contributed by atoms with Gasteiger partial charge in [0.1, 0.15) is 6.04 Å². The lowest BCUT2D eigenvalue weighted by molar-refractivity contribution is -0.139. The zero-order valence-corrected chi connectivity index (χ0v) is 11.6. The van der Waals surface area contributed by atoms with Crippen LogP contribution in [0.2, 0.25) is 0 Å². The van der Waals surface area contributed by atoms with Crippen LogP contribution in [0.5, 0.6) is 0 Å². The zero-order valence-electron chi connectivity index (χ0n) is 11.6. The van der Waals surface area contributed by atoms with Crippen molar-refractivity contribution >= 4 is 5.97 Å². The molecule has 4 nitrogen and oxygen atoms in total. The number of carboxylic acid groups (broad SMARTS) is 1. The second-order valence-corrected chi connectivity index (χ2v) is 6.16. The number of hydrogen-bond donors (Lipinski definition) is 2. The monoisotopic (exact) mass is 254 g/mol. The second kappa shape index (κ2) is 6.02. The molecule has 2 rings (SSSR count). The van der Waals surface area contributed by atoms with Crippen molar-refractivity contribution in [1.29, 1.82) is 0 Å². The van der Waals surface area contributed by atoms with Gasteiger partial charge >= 0.3 is 5.97 Å². The molecule has 0 aromatic heterocycles. The van der Waals surface area contributed by atoms with Crippen molar-refractivity contribution in [1.82, 2.24) is 10.2 Å². The van der Waals surface area contributed by atoms with Gasteiger partial charge in [-0.15, -0.1) is 0 Å². The molecule has 18 heavy (non-hydrogen) atoms. The highest BCUT2D eigenvalue weighted by Gasteiger charge is 2.29. The maximum Gasteiger partial charge on any atom is 0.320 e. The van der Waals surface area contributed by atoms with Crippen molar-refractivity contribution in [2.75, 3.05) is 19.6 Å². The molecule has 0 aromatic rings. The van der Waals surface area contributed by atoms with E-state index in [2.05, 4.69) is 24.1 Å². The van der Waals surface area contributed by atoms with Crippen LogP contribution < -0.4 is 5.32 Å². The van der Waals surface area contributed by atoms with Crippen molar-refractivity contribution in [2.24, 2.45) is 11.8 Å². The van der Waals surface area contributed by atoms with E-state index in [0.29, 0.717) is 6.04 Å². The highest BCUT2D eigenvalue weighted by atomic mass is 16.4. The standard InChI is InChI=1S/C14H26N2O2/c1-10-5-7-16(9-11(10)2)8-6-13(14(17)18)15-12-3-4-12/h10-13,15H,3-9H2,1-2H3,(H,17,18). The number of carbonyl (C=O) groups is 1. The Balaban J connectivity index is 1.73. The number of carboxylic acids is 1. The maximum absolute atomic E-state index is 11.2. The van der Waals surface area contributed by atoms with Crippen LogP contribution in [0.15, 0.2) is 0 Å². The number of piperidine rings is 1. The molecule has 1 saturated heterocycles. The molecule has 0 amide bonds. The summed E-state index contributed by atoms with van der Waals surface area (Å²) < 4.78 is 0. The molecule has 1 aliphatic carbocycles. The molecular formula is C14H26N2O2. The van der Waals surface area contributed by atoms with Crippen LogP contribution in [-0.4, -0.2) is 47.7 Å². The molecule has 2 fully saturated rings. The molecule has 0 spiro atoms. The summed E-state index contributed by atoms with van der Waals surface area (Å²) in [4.78, 5) is 13.6. The van der Waals surface area contributed by atoms with E-state index >= 15 is 0 Å². The number of aliphatic carboxylic acids is 1. The fraction of sp³-hybridized carbons (Fsp3) is 0.929. The van der Waals surface area contributed by atoms with Crippen LogP contribution in [0, 0.1) is 11.8 Å². The first-order valence-corrected chi connectivity index (χ1v) is 7.27. The molecule has 3 atom stereocenters. The maximum atomic E-state index is 11.2. The van der Waals surface area contributed by atoms with Crippen molar-refractivity contribution in [3.63, 3.8) is 0 Å². The fourth-order valence-corrected chi connectivity index (χ4v) is 2.68. The van der Waals surface area contributed by atoms with Gasteiger partial charge < -0.3 is 15.3 Å². The van der Waals surface area contributed by atoms with Gasteiger partial charge in [0.2, 0.25) is 0 Å². The van der Waals surface area contributed by atoms with Crippen molar-refractivity contribution in [3.8, 4) is 0 Å². The van der Waals surface area contributed by atoms with E-state index in [1.54, 1.807) is 0 Å². The molecule has 1 saturated carbocycles. The second-order valence-electron chi connectivity index (χ2n) is 6.16. The topological polar surface area (TPSA) is 52.6 Å². The summed E-state index contributed by atoms with van der Waals surface area (Å²) >= 11 is 0. The third-order valence-corrected chi connectivity index (χ3v) is 4.46. The van der Waals surface area contributed by atoms with Gasteiger partial charge in [-0.05, 0) is 44.1 Å². The molecule has 1 heterocycles. The Morgan fingerprint density at radius 3 is 2.61 bits per heavy atom. The number of hydrogen-bond acceptors (Lipinski definition) is 3.